The summed E-state index contributed by atoms with van der Waals surface area (Å²) in [5.74, 6) is -2.73. The topological polar surface area (TPSA) is 173 Å². The van der Waals surface area contributed by atoms with Gasteiger partial charge in [0.25, 0.3) is 5.91 Å². The number of carboxylic acids is 1. The van der Waals surface area contributed by atoms with Gasteiger partial charge in [-0.3, -0.25) is 19.5 Å². The average molecular weight is 704 g/mol. The number of halogens is 3. The number of benzene rings is 2. The van der Waals surface area contributed by atoms with E-state index in [9.17, 15) is 37.6 Å². The summed E-state index contributed by atoms with van der Waals surface area (Å²) in [6.45, 7) is 0.396. The van der Waals surface area contributed by atoms with Gasteiger partial charge in [0.15, 0.2) is 0 Å². The fourth-order valence-corrected chi connectivity index (χ4v) is 7.96. The van der Waals surface area contributed by atoms with E-state index in [0.29, 0.717) is 24.2 Å². The van der Waals surface area contributed by atoms with Gasteiger partial charge in [-0.05, 0) is 48.7 Å². The number of sulfonamides is 1. The zero-order valence-electron chi connectivity index (χ0n) is 24.6. The molecule has 4 atom stereocenters. The minimum absolute atomic E-state index is 0.0297. The van der Waals surface area contributed by atoms with Crippen LogP contribution in [-0.4, -0.2) is 89.4 Å². The lowest BCUT2D eigenvalue weighted by Crippen LogP contribution is -2.51. The van der Waals surface area contributed by atoms with Crippen molar-refractivity contribution in [1.82, 2.24) is 19.5 Å². The molecule has 2 aliphatic rings. The van der Waals surface area contributed by atoms with E-state index >= 15 is 0 Å². The Morgan fingerprint density at radius 1 is 1.11 bits per heavy atom. The smallest absolute Gasteiger partial charge is 0.326 e. The van der Waals surface area contributed by atoms with Crippen LogP contribution in [-0.2, 0) is 26.0 Å². The SMILES string of the molecule is N#Cc1cccc(S(=O)(=O)N2C[C@H](N3CC[C@H](F)C3)C[C@H]2C(=O)N[C@@H](Cc2ccc(NC(=O)c3c(Cl)cncc3Cl)cc2)C(=O)O)c1. The van der Waals surface area contributed by atoms with Gasteiger partial charge in [0.05, 0.1) is 32.1 Å². The molecule has 3 heterocycles. The van der Waals surface area contributed by atoms with E-state index < -0.39 is 52.1 Å². The summed E-state index contributed by atoms with van der Waals surface area (Å²) < 4.78 is 42.6. The standard InChI is InChI=1S/C31H29Cl2FN6O6S/c32-24-14-36-15-25(33)28(24)30(42)37-21-6-4-18(5-7-21)11-26(31(43)44)38-29(41)27-12-22(39-9-8-20(34)16-39)17-40(27)47(45,46)23-3-1-2-19(10-23)13-35/h1-7,10,14-15,20,22,26-27H,8-9,11-12,16-17H2,(H,37,42)(H,38,41)(H,43,44)/t20-,22+,26-,27-/m0/s1. The van der Waals surface area contributed by atoms with Gasteiger partial charge >= 0.3 is 5.97 Å². The first-order valence-corrected chi connectivity index (χ1v) is 16.7. The summed E-state index contributed by atoms with van der Waals surface area (Å²) >= 11 is 12.1. The molecule has 2 aliphatic heterocycles. The number of aromatic nitrogens is 1. The van der Waals surface area contributed by atoms with Gasteiger partial charge in [-0.15, -0.1) is 0 Å². The third-order valence-corrected chi connectivity index (χ3v) is 10.6. The van der Waals surface area contributed by atoms with Crippen LogP contribution in [0.15, 0.2) is 65.8 Å². The lowest BCUT2D eigenvalue weighted by Gasteiger charge is -2.25. The number of nitriles is 1. The Labute approximate surface area is 280 Å². The number of nitrogens with one attached hydrogen (secondary N) is 2. The van der Waals surface area contributed by atoms with Crippen molar-refractivity contribution in [1.29, 1.82) is 5.26 Å². The van der Waals surface area contributed by atoms with E-state index in [-0.39, 0.29) is 52.0 Å². The highest BCUT2D eigenvalue weighted by Gasteiger charge is 2.47. The van der Waals surface area contributed by atoms with E-state index in [1.165, 1.54) is 48.8 Å². The lowest BCUT2D eigenvalue weighted by atomic mass is 10.0. The molecule has 0 spiro atoms. The molecule has 1 aromatic heterocycles. The minimum Gasteiger partial charge on any atom is -0.480 e. The van der Waals surface area contributed by atoms with E-state index in [1.54, 1.807) is 17.0 Å². The number of amides is 2. The molecule has 0 bridgehead atoms. The predicted octanol–water partition coefficient (Wildman–Crippen LogP) is 3.50. The number of carbonyl (C=O) groups is 3. The third-order valence-electron chi connectivity index (χ3n) is 8.13. The van der Waals surface area contributed by atoms with Crippen molar-refractivity contribution in [3.8, 4) is 6.07 Å². The van der Waals surface area contributed by atoms with Crippen molar-refractivity contribution < 1.29 is 32.3 Å². The molecule has 2 aromatic carbocycles. The van der Waals surface area contributed by atoms with Crippen LogP contribution in [0.4, 0.5) is 10.1 Å². The molecule has 3 N–H and O–H groups in total. The van der Waals surface area contributed by atoms with E-state index in [4.69, 9.17) is 23.2 Å². The van der Waals surface area contributed by atoms with E-state index in [0.717, 1.165) is 4.31 Å². The summed E-state index contributed by atoms with van der Waals surface area (Å²) in [4.78, 5) is 44.0. The number of hydrogen-bond acceptors (Lipinski definition) is 8. The van der Waals surface area contributed by atoms with Crippen molar-refractivity contribution in [3.63, 3.8) is 0 Å². The minimum atomic E-state index is -4.30. The molecule has 2 amide bonds. The molecule has 5 rings (SSSR count). The van der Waals surface area contributed by atoms with Crippen molar-refractivity contribution in [2.45, 2.75) is 48.5 Å². The van der Waals surface area contributed by atoms with Gasteiger partial charge < -0.3 is 15.7 Å². The molecule has 0 saturated carbocycles. The maximum atomic E-state index is 14.0. The highest BCUT2D eigenvalue weighted by molar-refractivity contribution is 7.89. The summed E-state index contributed by atoms with van der Waals surface area (Å²) in [6, 6.07) is 10.3. The van der Waals surface area contributed by atoms with Gasteiger partial charge in [-0.25, -0.2) is 17.6 Å². The quantitative estimate of drug-likeness (QED) is 0.286. The van der Waals surface area contributed by atoms with Crippen LogP contribution in [0.1, 0.15) is 34.3 Å². The van der Waals surface area contributed by atoms with Crippen molar-refractivity contribution in [3.05, 3.63) is 87.7 Å². The Bertz CT molecular complexity index is 1820. The number of pyridine rings is 1. The predicted molar refractivity (Wildman–Crippen MR) is 170 cm³/mol. The average Bonchev–Trinajstić information content (AvgIpc) is 3.69. The van der Waals surface area contributed by atoms with Crippen LogP contribution in [0.2, 0.25) is 10.0 Å². The molecule has 0 unspecified atom stereocenters. The monoisotopic (exact) mass is 702 g/mol. The molecular formula is C31H29Cl2FN6O6S. The second-order valence-corrected chi connectivity index (χ2v) is 13.9. The maximum Gasteiger partial charge on any atom is 0.326 e. The van der Waals surface area contributed by atoms with Crippen LogP contribution in [0.3, 0.4) is 0 Å². The molecule has 2 fully saturated rings. The molecule has 0 radical (unpaired) electrons. The van der Waals surface area contributed by atoms with Crippen LogP contribution in [0.5, 0.6) is 0 Å². The molecule has 2 saturated heterocycles. The van der Waals surface area contributed by atoms with E-state index in [2.05, 4.69) is 15.6 Å². The zero-order valence-corrected chi connectivity index (χ0v) is 27.0. The Kier molecular flexibility index (Phi) is 10.4. The van der Waals surface area contributed by atoms with Crippen molar-refractivity contribution in [2.75, 3.05) is 25.0 Å². The third kappa shape index (κ3) is 7.72. The van der Waals surface area contributed by atoms with E-state index in [1.807, 2.05) is 6.07 Å². The normalized spacial score (nSPS) is 20.8. The van der Waals surface area contributed by atoms with Crippen LogP contribution in [0, 0.1) is 11.3 Å². The van der Waals surface area contributed by atoms with Gasteiger partial charge in [0.2, 0.25) is 15.9 Å². The first-order valence-electron chi connectivity index (χ1n) is 14.5. The highest BCUT2D eigenvalue weighted by Crippen LogP contribution is 2.32. The zero-order chi connectivity index (χ0) is 33.9. The number of anilines is 1. The number of carbonyl (C=O) groups excluding carboxylic acids is 2. The second-order valence-electron chi connectivity index (χ2n) is 11.2. The maximum absolute atomic E-state index is 14.0. The fraction of sp³-hybridized carbons (Fsp3) is 0.323. The van der Waals surface area contributed by atoms with Gasteiger partial charge in [0, 0.05) is 50.2 Å². The van der Waals surface area contributed by atoms with Crippen molar-refractivity contribution >= 4 is 56.7 Å². The van der Waals surface area contributed by atoms with Gasteiger partial charge in [-0.2, -0.15) is 9.57 Å². The van der Waals surface area contributed by atoms with Crippen LogP contribution >= 0.6 is 23.2 Å². The molecule has 246 valence electrons. The number of nitrogens with zero attached hydrogens (tertiary/aromatic N) is 4. The molecule has 47 heavy (non-hydrogen) atoms. The highest BCUT2D eigenvalue weighted by atomic mass is 35.5. The lowest BCUT2D eigenvalue weighted by molar-refractivity contribution is -0.142. The van der Waals surface area contributed by atoms with Gasteiger partial charge in [-0.1, -0.05) is 41.4 Å². The fourth-order valence-electron chi connectivity index (χ4n) is 5.74. The number of alkyl halides is 1. The Hall–Kier alpha value is -4.13. The first-order chi connectivity index (χ1) is 22.4. The summed E-state index contributed by atoms with van der Waals surface area (Å²) in [5.41, 5.74) is 1.03. The molecule has 16 heteroatoms. The number of carboxylic acid groups (broad SMARTS) is 1. The second kappa shape index (κ2) is 14.3. The molecule has 3 aromatic rings. The number of likely N-dealkylation sites (tertiary alicyclic amines) is 1. The summed E-state index contributed by atoms with van der Waals surface area (Å²) in [5, 5.41) is 24.5. The first kappa shape index (κ1) is 34.2. The van der Waals surface area contributed by atoms with Crippen LogP contribution < -0.4 is 10.6 Å². The molecule has 12 nitrogen and oxygen atoms in total. The Morgan fingerprint density at radius 3 is 2.43 bits per heavy atom. The van der Waals surface area contributed by atoms with Crippen LogP contribution in [0.25, 0.3) is 0 Å². The number of hydrogen-bond donors (Lipinski definition) is 3. The summed E-state index contributed by atoms with van der Waals surface area (Å²) in [7, 11) is -4.30. The molecular weight excluding hydrogens is 674 g/mol. The number of aliphatic carboxylic acids is 1. The largest absolute Gasteiger partial charge is 0.480 e. The van der Waals surface area contributed by atoms with Crippen molar-refractivity contribution in [2.24, 2.45) is 0 Å². The number of rotatable bonds is 10. The summed E-state index contributed by atoms with van der Waals surface area (Å²) in [6.07, 6.45) is 1.66. The molecule has 0 aliphatic carbocycles. The Morgan fingerprint density at radius 2 is 1.81 bits per heavy atom. The Balaban J connectivity index is 1.32. The van der Waals surface area contributed by atoms with Gasteiger partial charge in [0.1, 0.15) is 18.3 Å².